The van der Waals surface area contributed by atoms with Gasteiger partial charge in [-0.1, -0.05) is 30.3 Å². The predicted octanol–water partition coefficient (Wildman–Crippen LogP) is 2.40. The third kappa shape index (κ3) is 3.28. The van der Waals surface area contributed by atoms with Crippen LogP contribution < -0.4 is 4.74 Å². The summed E-state index contributed by atoms with van der Waals surface area (Å²) in [5, 5.41) is 0. The third-order valence-electron chi connectivity index (χ3n) is 2.57. The molecule has 2 aromatic rings. The molecule has 1 unspecified atom stereocenters. The van der Waals surface area contributed by atoms with E-state index in [-0.39, 0.29) is 11.8 Å². The number of methoxy groups -OCH3 is 1. The molecule has 0 saturated carbocycles. The first-order valence-electron chi connectivity index (χ1n) is 5.82. The van der Waals surface area contributed by atoms with E-state index in [2.05, 4.69) is 14.7 Å². The Kier molecular flexibility index (Phi) is 4.07. The van der Waals surface area contributed by atoms with E-state index in [1.807, 2.05) is 37.3 Å². The normalized spacial score (nSPS) is 11.7. The molecular formula is C14H14N2O3. The highest BCUT2D eigenvalue weighted by Gasteiger charge is 2.12. The van der Waals surface area contributed by atoms with Gasteiger partial charge in [-0.2, -0.15) is 0 Å². The van der Waals surface area contributed by atoms with Gasteiger partial charge in [0.2, 0.25) is 5.88 Å². The molecule has 0 fully saturated rings. The zero-order valence-corrected chi connectivity index (χ0v) is 10.7. The van der Waals surface area contributed by atoms with Crippen molar-refractivity contribution in [1.29, 1.82) is 0 Å². The Bertz CT molecular complexity index is 558. The Morgan fingerprint density at radius 1 is 1.21 bits per heavy atom. The van der Waals surface area contributed by atoms with Gasteiger partial charge >= 0.3 is 5.97 Å². The van der Waals surface area contributed by atoms with Gasteiger partial charge in [0, 0.05) is 0 Å². The average Bonchev–Trinajstić information content (AvgIpc) is 2.47. The lowest BCUT2D eigenvalue weighted by Gasteiger charge is -2.14. The summed E-state index contributed by atoms with van der Waals surface area (Å²) in [6.07, 6.45) is 2.63. The van der Waals surface area contributed by atoms with Crippen LogP contribution in [0.2, 0.25) is 0 Å². The summed E-state index contributed by atoms with van der Waals surface area (Å²) >= 11 is 0. The number of hydrogen-bond acceptors (Lipinski definition) is 5. The van der Waals surface area contributed by atoms with Crippen LogP contribution in [0.1, 0.15) is 29.1 Å². The largest absolute Gasteiger partial charge is 0.469 e. The van der Waals surface area contributed by atoms with Gasteiger partial charge in [0.15, 0.2) is 5.69 Å². The average molecular weight is 258 g/mol. The summed E-state index contributed by atoms with van der Waals surface area (Å²) in [4.78, 5) is 19.3. The maximum Gasteiger partial charge on any atom is 0.358 e. The molecule has 19 heavy (non-hydrogen) atoms. The number of ether oxygens (including phenoxy) is 2. The molecule has 1 aromatic heterocycles. The van der Waals surface area contributed by atoms with Crippen LogP contribution in [0.15, 0.2) is 42.7 Å². The molecule has 0 spiro atoms. The summed E-state index contributed by atoms with van der Waals surface area (Å²) in [5.74, 6) is -0.246. The van der Waals surface area contributed by atoms with E-state index in [9.17, 15) is 4.79 Å². The molecule has 2 rings (SSSR count). The fourth-order valence-corrected chi connectivity index (χ4v) is 1.58. The first-order valence-corrected chi connectivity index (χ1v) is 5.82. The molecule has 1 aromatic carbocycles. The van der Waals surface area contributed by atoms with Gasteiger partial charge in [0.25, 0.3) is 0 Å². The minimum absolute atomic E-state index is 0.125. The monoisotopic (exact) mass is 258 g/mol. The van der Waals surface area contributed by atoms with Gasteiger partial charge < -0.3 is 9.47 Å². The molecule has 0 aliphatic rings. The maximum absolute atomic E-state index is 11.3. The topological polar surface area (TPSA) is 61.3 Å². The first-order chi connectivity index (χ1) is 9.20. The van der Waals surface area contributed by atoms with E-state index in [1.54, 1.807) is 0 Å². The summed E-state index contributed by atoms with van der Waals surface area (Å²) in [7, 11) is 1.30. The zero-order chi connectivity index (χ0) is 13.7. The van der Waals surface area contributed by atoms with Crippen molar-refractivity contribution >= 4 is 5.97 Å². The molecule has 0 amide bonds. The second-order valence-corrected chi connectivity index (χ2v) is 3.90. The highest BCUT2D eigenvalue weighted by atomic mass is 16.5. The molecule has 0 N–H and O–H groups in total. The van der Waals surface area contributed by atoms with Gasteiger partial charge in [0.1, 0.15) is 6.10 Å². The van der Waals surface area contributed by atoms with Crippen LogP contribution in [-0.2, 0) is 4.74 Å². The van der Waals surface area contributed by atoms with Gasteiger partial charge in [0.05, 0.1) is 19.5 Å². The maximum atomic E-state index is 11.3. The molecule has 0 bridgehead atoms. The van der Waals surface area contributed by atoms with Gasteiger partial charge in [-0.15, -0.1) is 0 Å². The molecule has 0 aliphatic heterocycles. The minimum atomic E-state index is -0.537. The lowest BCUT2D eigenvalue weighted by Crippen LogP contribution is -2.09. The van der Waals surface area contributed by atoms with E-state index in [0.29, 0.717) is 5.88 Å². The molecule has 5 nitrogen and oxygen atoms in total. The molecule has 98 valence electrons. The van der Waals surface area contributed by atoms with E-state index in [4.69, 9.17) is 4.74 Å². The van der Waals surface area contributed by atoms with Crippen LogP contribution in [0, 0.1) is 0 Å². The predicted molar refractivity (Wildman–Crippen MR) is 68.9 cm³/mol. The van der Waals surface area contributed by atoms with Gasteiger partial charge in [-0.25, -0.2) is 9.78 Å². The lowest BCUT2D eigenvalue weighted by molar-refractivity contribution is 0.0591. The Morgan fingerprint density at radius 3 is 2.63 bits per heavy atom. The fraction of sp³-hybridized carbons (Fsp3) is 0.214. The summed E-state index contributed by atoms with van der Waals surface area (Å²) in [6.45, 7) is 1.90. The van der Waals surface area contributed by atoms with Crippen molar-refractivity contribution in [2.24, 2.45) is 0 Å². The second kappa shape index (κ2) is 5.95. The van der Waals surface area contributed by atoms with Crippen LogP contribution in [0.25, 0.3) is 0 Å². The Labute approximate surface area is 111 Å². The number of carbonyl (C=O) groups is 1. The quantitative estimate of drug-likeness (QED) is 0.788. The van der Waals surface area contributed by atoms with Crippen molar-refractivity contribution in [3.8, 4) is 5.88 Å². The standard InChI is InChI=1S/C14H14N2O3/c1-10(11-6-4-3-5-7-11)19-13-9-15-8-12(16-13)14(17)18-2/h3-10H,1-2H3. The zero-order valence-electron chi connectivity index (χ0n) is 10.7. The van der Waals surface area contributed by atoms with Crippen molar-refractivity contribution in [1.82, 2.24) is 9.97 Å². The van der Waals surface area contributed by atoms with Crippen LogP contribution in [-0.4, -0.2) is 23.0 Å². The minimum Gasteiger partial charge on any atom is -0.469 e. The molecule has 5 heteroatoms. The number of nitrogens with zero attached hydrogens (tertiary/aromatic N) is 2. The number of aromatic nitrogens is 2. The summed E-state index contributed by atoms with van der Waals surface area (Å²) in [6, 6.07) is 9.73. The van der Waals surface area contributed by atoms with E-state index in [0.717, 1.165) is 5.56 Å². The van der Waals surface area contributed by atoms with Gasteiger partial charge in [-0.3, -0.25) is 4.98 Å². The van der Waals surface area contributed by atoms with Crippen molar-refractivity contribution in [3.05, 3.63) is 54.0 Å². The highest BCUT2D eigenvalue weighted by Crippen LogP contribution is 2.19. The molecule has 0 saturated heterocycles. The molecule has 0 radical (unpaired) electrons. The smallest absolute Gasteiger partial charge is 0.358 e. The van der Waals surface area contributed by atoms with Crippen LogP contribution in [0.5, 0.6) is 5.88 Å². The lowest BCUT2D eigenvalue weighted by atomic mass is 10.1. The highest BCUT2D eigenvalue weighted by molar-refractivity contribution is 5.86. The van der Waals surface area contributed by atoms with Crippen molar-refractivity contribution in [3.63, 3.8) is 0 Å². The van der Waals surface area contributed by atoms with Crippen LogP contribution >= 0.6 is 0 Å². The van der Waals surface area contributed by atoms with Crippen molar-refractivity contribution in [2.75, 3.05) is 7.11 Å². The fourth-order valence-electron chi connectivity index (χ4n) is 1.58. The summed E-state index contributed by atoms with van der Waals surface area (Å²) < 4.78 is 10.2. The van der Waals surface area contributed by atoms with Gasteiger partial charge in [-0.05, 0) is 12.5 Å². The van der Waals surface area contributed by atoms with Crippen LogP contribution in [0.4, 0.5) is 0 Å². The number of rotatable bonds is 4. The Balaban J connectivity index is 2.13. The Hall–Kier alpha value is -2.43. The summed E-state index contributed by atoms with van der Waals surface area (Å²) in [5.41, 5.74) is 1.15. The van der Waals surface area contributed by atoms with E-state index in [1.165, 1.54) is 19.5 Å². The van der Waals surface area contributed by atoms with Crippen molar-refractivity contribution in [2.45, 2.75) is 13.0 Å². The SMILES string of the molecule is COC(=O)c1cncc(OC(C)c2ccccc2)n1. The first kappa shape index (κ1) is 13.0. The third-order valence-corrected chi connectivity index (χ3v) is 2.57. The molecule has 1 atom stereocenters. The number of hydrogen-bond donors (Lipinski definition) is 0. The molecule has 1 heterocycles. The second-order valence-electron chi connectivity index (χ2n) is 3.90. The number of esters is 1. The molecular weight excluding hydrogens is 244 g/mol. The van der Waals surface area contributed by atoms with Crippen LogP contribution in [0.3, 0.4) is 0 Å². The van der Waals surface area contributed by atoms with Crippen molar-refractivity contribution < 1.29 is 14.3 Å². The Morgan fingerprint density at radius 2 is 1.95 bits per heavy atom. The van der Waals surface area contributed by atoms with E-state index < -0.39 is 5.97 Å². The van der Waals surface area contributed by atoms with E-state index >= 15 is 0 Å². The number of carbonyl (C=O) groups excluding carboxylic acids is 1. The molecule has 0 aliphatic carbocycles. The number of benzene rings is 1.